The number of aromatic amines is 1. The van der Waals surface area contributed by atoms with Crippen molar-refractivity contribution in [3.8, 4) is 11.5 Å². The molecule has 0 radical (unpaired) electrons. The summed E-state index contributed by atoms with van der Waals surface area (Å²) in [6.45, 7) is 0. The summed E-state index contributed by atoms with van der Waals surface area (Å²) in [6.07, 6.45) is 2.55. The van der Waals surface area contributed by atoms with Crippen molar-refractivity contribution in [1.82, 2.24) is 4.98 Å². The van der Waals surface area contributed by atoms with Crippen molar-refractivity contribution in [3.63, 3.8) is 0 Å². The number of benzene rings is 2. The van der Waals surface area contributed by atoms with Gasteiger partial charge in [-0.3, -0.25) is 9.79 Å². The van der Waals surface area contributed by atoms with Crippen LogP contribution in [0, 0.1) is 0 Å². The first-order valence-electron chi connectivity index (χ1n) is 8.70. The van der Waals surface area contributed by atoms with Crippen molar-refractivity contribution < 1.29 is 14.3 Å². The highest BCUT2D eigenvalue weighted by Crippen LogP contribution is 2.30. The van der Waals surface area contributed by atoms with Crippen LogP contribution in [0.25, 0.3) is 10.9 Å². The molecule has 1 aliphatic rings. The highest BCUT2D eigenvalue weighted by Gasteiger charge is 2.27. The fourth-order valence-electron chi connectivity index (χ4n) is 3.34. The number of aliphatic imine (C=N–C) groups is 1. The van der Waals surface area contributed by atoms with Crippen molar-refractivity contribution in [2.45, 2.75) is 12.5 Å². The maximum Gasteiger partial charge on any atom is 0.214 e. The van der Waals surface area contributed by atoms with Crippen molar-refractivity contribution in [2.75, 3.05) is 20.0 Å². The maximum absolute atomic E-state index is 12.5. The van der Waals surface area contributed by atoms with E-state index in [2.05, 4.69) is 11.1 Å². The molecular formula is C21H20N2O3S. The number of thioether (sulfide) groups is 1. The summed E-state index contributed by atoms with van der Waals surface area (Å²) in [6, 6.07) is 13.4. The van der Waals surface area contributed by atoms with Gasteiger partial charge in [0.2, 0.25) is 5.12 Å². The molecule has 6 heteroatoms. The lowest BCUT2D eigenvalue weighted by atomic mass is 10.0. The molecule has 5 nitrogen and oxygen atoms in total. The minimum Gasteiger partial charge on any atom is -0.497 e. The topological polar surface area (TPSA) is 63.7 Å². The Morgan fingerprint density at radius 2 is 2.04 bits per heavy atom. The van der Waals surface area contributed by atoms with E-state index in [1.807, 2.05) is 42.6 Å². The monoisotopic (exact) mass is 380 g/mol. The largest absolute Gasteiger partial charge is 0.497 e. The Morgan fingerprint density at radius 3 is 2.85 bits per heavy atom. The van der Waals surface area contributed by atoms with Gasteiger partial charge in [-0.1, -0.05) is 30.0 Å². The molecule has 1 unspecified atom stereocenters. The number of nitrogens with zero attached hydrogens (tertiary/aromatic N) is 1. The molecule has 138 valence electrons. The lowest BCUT2D eigenvalue weighted by Crippen LogP contribution is -2.27. The van der Waals surface area contributed by atoms with Crippen LogP contribution in [0.3, 0.4) is 0 Å². The molecule has 1 atom stereocenters. The van der Waals surface area contributed by atoms with Gasteiger partial charge in [0.05, 0.1) is 19.9 Å². The van der Waals surface area contributed by atoms with Crippen molar-refractivity contribution in [1.29, 1.82) is 0 Å². The Bertz CT molecular complexity index is 1030. The number of H-pyrrole nitrogens is 1. The number of hydrogen-bond donors (Lipinski definition) is 1. The number of carbonyl (C=O) groups is 1. The minimum atomic E-state index is -0.398. The smallest absolute Gasteiger partial charge is 0.214 e. The third kappa shape index (κ3) is 3.45. The van der Waals surface area contributed by atoms with E-state index in [4.69, 9.17) is 14.5 Å². The zero-order valence-electron chi connectivity index (χ0n) is 15.2. The van der Waals surface area contributed by atoms with Crippen LogP contribution < -0.4 is 9.47 Å². The van der Waals surface area contributed by atoms with E-state index >= 15 is 0 Å². The average molecular weight is 380 g/mol. The number of para-hydroxylation sites is 1. The van der Waals surface area contributed by atoms with Gasteiger partial charge in [0.1, 0.15) is 17.5 Å². The van der Waals surface area contributed by atoms with Gasteiger partial charge in [-0.15, -0.1) is 0 Å². The van der Waals surface area contributed by atoms with Crippen LogP contribution in [0.5, 0.6) is 11.5 Å². The van der Waals surface area contributed by atoms with Gasteiger partial charge >= 0.3 is 0 Å². The lowest BCUT2D eigenvalue weighted by Gasteiger charge is -2.20. The number of ether oxygens (including phenoxy) is 2. The Hall–Kier alpha value is -2.73. The first-order chi connectivity index (χ1) is 13.2. The minimum absolute atomic E-state index is 0.108. The standard InChI is InChI=1S/C21H20N2O3S/c1-25-14-7-8-16(20(10-14)26-2)19-12-27-21(24)18(23-19)9-13-11-22-17-6-4-3-5-15(13)17/h3-8,10-11,18,22H,9,12H2,1-2H3. The van der Waals surface area contributed by atoms with Gasteiger partial charge in [-0.2, -0.15) is 0 Å². The zero-order valence-corrected chi connectivity index (χ0v) is 16.0. The van der Waals surface area contributed by atoms with Gasteiger partial charge in [-0.05, 0) is 23.8 Å². The summed E-state index contributed by atoms with van der Waals surface area (Å²) < 4.78 is 10.8. The number of aromatic nitrogens is 1. The molecule has 4 rings (SSSR count). The van der Waals surface area contributed by atoms with E-state index < -0.39 is 6.04 Å². The molecule has 0 fully saturated rings. The van der Waals surface area contributed by atoms with E-state index in [9.17, 15) is 4.79 Å². The first-order valence-corrected chi connectivity index (χ1v) is 9.69. The molecule has 0 saturated carbocycles. The van der Waals surface area contributed by atoms with E-state index in [1.54, 1.807) is 14.2 Å². The number of fused-ring (bicyclic) bond motifs is 1. The molecule has 2 heterocycles. The van der Waals surface area contributed by atoms with Crippen LogP contribution in [-0.2, 0) is 11.2 Å². The summed E-state index contributed by atoms with van der Waals surface area (Å²) in [5.74, 6) is 1.98. The summed E-state index contributed by atoms with van der Waals surface area (Å²) in [4.78, 5) is 20.5. The number of nitrogens with one attached hydrogen (secondary N) is 1. The van der Waals surface area contributed by atoms with Crippen LogP contribution >= 0.6 is 11.8 Å². The van der Waals surface area contributed by atoms with Crippen LogP contribution in [0.4, 0.5) is 0 Å². The molecule has 0 aliphatic carbocycles. The predicted molar refractivity (Wildman–Crippen MR) is 109 cm³/mol. The molecule has 1 N–H and O–H groups in total. The molecule has 0 bridgehead atoms. The number of hydrogen-bond acceptors (Lipinski definition) is 5. The number of carbonyl (C=O) groups excluding carboxylic acids is 1. The van der Waals surface area contributed by atoms with Crippen LogP contribution in [0.1, 0.15) is 11.1 Å². The predicted octanol–water partition coefficient (Wildman–Crippen LogP) is 3.86. The third-order valence-electron chi connectivity index (χ3n) is 4.74. The second kappa shape index (κ2) is 7.48. The average Bonchev–Trinajstić information content (AvgIpc) is 3.12. The van der Waals surface area contributed by atoms with Gasteiger partial charge in [0.25, 0.3) is 0 Å². The second-order valence-corrected chi connectivity index (χ2v) is 7.31. The Kier molecular flexibility index (Phi) is 4.90. The summed E-state index contributed by atoms with van der Waals surface area (Å²) in [7, 11) is 3.25. The fourth-order valence-corrected chi connectivity index (χ4v) is 4.17. The van der Waals surface area contributed by atoms with Gasteiger partial charge in [-0.25, -0.2) is 0 Å². The SMILES string of the molecule is COc1ccc(C2=NC(Cc3c[nH]c4ccccc34)C(=O)SC2)c(OC)c1. The molecule has 27 heavy (non-hydrogen) atoms. The van der Waals surface area contributed by atoms with Crippen molar-refractivity contribution in [3.05, 3.63) is 59.8 Å². The Morgan fingerprint density at radius 1 is 1.19 bits per heavy atom. The van der Waals surface area contributed by atoms with Gasteiger partial charge in [0, 0.05) is 40.9 Å². The first kappa shape index (κ1) is 17.7. The van der Waals surface area contributed by atoms with Crippen LogP contribution in [0.15, 0.2) is 53.7 Å². The van der Waals surface area contributed by atoms with Crippen LogP contribution in [-0.4, -0.2) is 41.8 Å². The van der Waals surface area contributed by atoms with Crippen molar-refractivity contribution >= 4 is 33.5 Å². The van der Waals surface area contributed by atoms with Gasteiger partial charge < -0.3 is 14.5 Å². The normalized spacial score (nSPS) is 17.0. The lowest BCUT2D eigenvalue weighted by molar-refractivity contribution is -0.112. The summed E-state index contributed by atoms with van der Waals surface area (Å²) in [5.41, 5.74) is 3.96. The molecule has 2 aromatic carbocycles. The molecule has 0 amide bonds. The third-order valence-corrected chi connectivity index (χ3v) is 5.72. The molecule has 0 saturated heterocycles. The fraction of sp³-hybridized carbons (Fsp3) is 0.238. The van der Waals surface area contributed by atoms with E-state index in [0.29, 0.717) is 17.9 Å². The van der Waals surface area contributed by atoms with Gasteiger partial charge in [0.15, 0.2) is 0 Å². The Labute approximate surface area is 161 Å². The molecule has 3 aromatic rings. The number of methoxy groups -OCH3 is 2. The van der Waals surface area contributed by atoms with Crippen molar-refractivity contribution in [2.24, 2.45) is 4.99 Å². The van der Waals surface area contributed by atoms with Crippen LogP contribution in [0.2, 0.25) is 0 Å². The summed E-state index contributed by atoms with van der Waals surface area (Å²) >= 11 is 1.32. The second-order valence-electron chi connectivity index (χ2n) is 6.33. The quantitative estimate of drug-likeness (QED) is 0.730. The zero-order chi connectivity index (χ0) is 18.8. The molecule has 1 aliphatic heterocycles. The van der Waals surface area contributed by atoms with E-state index in [1.165, 1.54) is 11.8 Å². The highest BCUT2D eigenvalue weighted by molar-refractivity contribution is 8.14. The Balaban J connectivity index is 1.67. The summed E-state index contributed by atoms with van der Waals surface area (Å²) in [5, 5.41) is 1.25. The number of rotatable bonds is 5. The molecular weight excluding hydrogens is 360 g/mol. The molecule has 0 spiro atoms. The molecule has 1 aromatic heterocycles. The van der Waals surface area contributed by atoms with E-state index in [0.717, 1.165) is 33.5 Å². The maximum atomic E-state index is 12.5. The van der Waals surface area contributed by atoms with E-state index in [-0.39, 0.29) is 5.12 Å². The highest BCUT2D eigenvalue weighted by atomic mass is 32.2.